The third kappa shape index (κ3) is 1.52. The maximum Gasteiger partial charge on any atom is 0.198 e. The molecule has 112 valence electrons. The minimum Gasteiger partial charge on any atom is -0.288 e. The van der Waals surface area contributed by atoms with Crippen LogP contribution in [0.5, 0.6) is 0 Å². The van der Waals surface area contributed by atoms with Crippen LogP contribution in [0.25, 0.3) is 17.0 Å². The lowest BCUT2D eigenvalue weighted by Gasteiger charge is -2.05. The molecule has 0 unspecified atom stereocenters. The van der Waals surface area contributed by atoms with Gasteiger partial charge in [-0.05, 0) is 12.1 Å². The topological polar surface area (TPSA) is 59.9 Å². The van der Waals surface area contributed by atoms with E-state index in [2.05, 4.69) is 9.97 Å². The second-order valence-electron chi connectivity index (χ2n) is 5.75. The molecule has 4 heteroatoms. The maximum atomic E-state index is 12.9. The van der Waals surface area contributed by atoms with Crippen molar-refractivity contribution in [2.45, 2.75) is 0 Å². The number of carbonyl (C=O) groups excluding carboxylic acids is 2. The van der Waals surface area contributed by atoms with Crippen molar-refractivity contribution >= 4 is 17.1 Å². The van der Waals surface area contributed by atoms with Gasteiger partial charge in [0.25, 0.3) is 0 Å². The Labute approximate surface area is 137 Å². The number of aromatic nitrogens is 2. The largest absolute Gasteiger partial charge is 0.288 e. The van der Waals surface area contributed by atoms with E-state index in [1.807, 2.05) is 24.3 Å². The summed E-state index contributed by atoms with van der Waals surface area (Å²) in [6, 6.07) is 14.3. The highest BCUT2D eigenvalue weighted by atomic mass is 16.2. The molecule has 2 aromatic heterocycles. The zero-order chi connectivity index (χ0) is 16.3. The van der Waals surface area contributed by atoms with Crippen LogP contribution in [0, 0.1) is 0 Å². The summed E-state index contributed by atoms with van der Waals surface area (Å²) >= 11 is 0. The molecule has 3 aromatic rings. The van der Waals surface area contributed by atoms with Crippen LogP contribution in [0.4, 0.5) is 0 Å². The number of nitrogens with zero attached hydrogens (tertiary/aromatic N) is 2. The zero-order valence-electron chi connectivity index (χ0n) is 12.5. The van der Waals surface area contributed by atoms with Crippen molar-refractivity contribution in [1.82, 2.24) is 9.97 Å². The summed E-state index contributed by atoms with van der Waals surface area (Å²) in [6.07, 6.45) is 3.38. The first-order chi connectivity index (χ1) is 11.8. The van der Waals surface area contributed by atoms with E-state index >= 15 is 0 Å². The molecule has 0 aliphatic heterocycles. The van der Waals surface area contributed by atoms with Crippen LogP contribution in [0.1, 0.15) is 31.8 Å². The first kappa shape index (κ1) is 13.1. The first-order valence-corrected chi connectivity index (χ1v) is 7.61. The molecule has 4 nitrogen and oxygen atoms in total. The molecule has 5 rings (SSSR count). The predicted molar refractivity (Wildman–Crippen MR) is 88.6 cm³/mol. The smallest absolute Gasteiger partial charge is 0.198 e. The molecular formula is C20H10N2O2. The highest BCUT2D eigenvalue weighted by Crippen LogP contribution is 2.45. The number of allylic oxidation sites excluding steroid dienone is 1. The van der Waals surface area contributed by atoms with Gasteiger partial charge in [-0.3, -0.25) is 19.6 Å². The van der Waals surface area contributed by atoms with Crippen molar-refractivity contribution in [2.75, 3.05) is 0 Å². The second-order valence-corrected chi connectivity index (χ2v) is 5.75. The van der Waals surface area contributed by atoms with Crippen molar-refractivity contribution in [3.8, 4) is 11.4 Å². The van der Waals surface area contributed by atoms with Gasteiger partial charge >= 0.3 is 0 Å². The molecule has 1 aromatic carbocycles. The van der Waals surface area contributed by atoms with Gasteiger partial charge in [0.2, 0.25) is 0 Å². The Morgan fingerprint density at radius 1 is 0.542 bits per heavy atom. The van der Waals surface area contributed by atoms with E-state index in [4.69, 9.17) is 0 Å². The van der Waals surface area contributed by atoms with E-state index in [0.29, 0.717) is 28.1 Å². The van der Waals surface area contributed by atoms with Crippen LogP contribution in [0.3, 0.4) is 0 Å². The van der Waals surface area contributed by atoms with Crippen LogP contribution in [0.2, 0.25) is 0 Å². The molecule has 0 radical (unpaired) electrons. The van der Waals surface area contributed by atoms with E-state index in [9.17, 15) is 9.59 Å². The molecule has 0 bridgehead atoms. The summed E-state index contributed by atoms with van der Waals surface area (Å²) in [5.41, 5.74) is 4.80. The number of benzene rings is 1. The maximum absolute atomic E-state index is 12.9. The van der Waals surface area contributed by atoms with Gasteiger partial charge in [-0.1, -0.05) is 36.4 Å². The van der Waals surface area contributed by atoms with Crippen molar-refractivity contribution in [3.63, 3.8) is 0 Å². The summed E-state index contributed by atoms with van der Waals surface area (Å²) in [4.78, 5) is 34.6. The van der Waals surface area contributed by atoms with Gasteiger partial charge in [0.1, 0.15) is 0 Å². The SMILES string of the molecule is O=C1C(=C2c3cccnc3-c3ncccc32)C(=O)c2ccccc21. The van der Waals surface area contributed by atoms with Gasteiger partial charge in [0.05, 0.1) is 17.0 Å². The molecule has 0 N–H and O–H groups in total. The number of rotatable bonds is 0. The zero-order valence-corrected chi connectivity index (χ0v) is 12.5. The van der Waals surface area contributed by atoms with Gasteiger partial charge in [0, 0.05) is 40.2 Å². The van der Waals surface area contributed by atoms with Gasteiger partial charge in [-0.25, -0.2) is 0 Å². The number of fused-ring (bicyclic) bond motifs is 4. The third-order valence-electron chi connectivity index (χ3n) is 4.50. The molecule has 2 aliphatic rings. The van der Waals surface area contributed by atoms with Crippen LogP contribution in [0.15, 0.2) is 66.5 Å². The van der Waals surface area contributed by atoms with E-state index in [-0.39, 0.29) is 17.1 Å². The number of ketones is 2. The molecule has 0 spiro atoms. The molecule has 0 atom stereocenters. The quantitative estimate of drug-likeness (QED) is 0.369. The van der Waals surface area contributed by atoms with E-state index < -0.39 is 0 Å². The summed E-state index contributed by atoms with van der Waals surface area (Å²) in [7, 11) is 0. The number of hydrogen-bond acceptors (Lipinski definition) is 4. The molecular weight excluding hydrogens is 300 g/mol. The highest BCUT2D eigenvalue weighted by molar-refractivity contribution is 6.43. The average Bonchev–Trinajstić information content (AvgIpc) is 3.08. The third-order valence-corrected chi connectivity index (χ3v) is 4.50. The first-order valence-electron chi connectivity index (χ1n) is 7.61. The van der Waals surface area contributed by atoms with E-state index in [0.717, 1.165) is 11.1 Å². The van der Waals surface area contributed by atoms with E-state index in [1.54, 1.807) is 36.7 Å². The van der Waals surface area contributed by atoms with Crippen LogP contribution < -0.4 is 0 Å². The van der Waals surface area contributed by atoms with E-state index in [1.165, 1.54) is 0 Å². The fourth-order valence-electron chi connectivity index (χ4n) is 3.48. The van der Waals surface area contributed by atoms with Gasteiger partial charge in [-0.2, -0.15) is 0 Å². The molecule has 2 heterocycles. The Bertz CT molecular complexity index is 1010. The van der Waals surface area contributed by atoms with Crippen molar-refractivity contribution in [2.24, 2.45) is 0 Å². The predicted octanol–water partition coefficient (Wildman–Crippen LogP) is 3.34. The Hall–Kier alpha value is -3.40. The molecule has 2 aliphatic carbocycles. The lowest BCUT2D eigenvalue weighted by molar-refractivity contribution is 0.0990. The Morgan fingerprint density at radius 2 is 1.00 bits per heavy atom. The van der Waals surface area contributed by atoms with Crippen molar-refractivity contribution < 1.29 is 9.59 Å². The standard InChI is InChI=1S/C20H10N2O2/c23-19-11-5-1-2-6-12(11)20(24)16(19)15-13-7-3-9-21-17(13)18-14(15)8-4-10-22-18/h1-10H. The summed E-state index contributed by atoms with van der Waals surface area (Å²) < 4.78 is 0. The lowest BCUT2D eigenvalue weighted by Crippen LogP contribution is -2.05. The molecule has 0 amide bonds. The lowest BCUT2D eigenvalue weighted by atomic mass is 9.96. The Morgan fingerprint density at radius 3 is 1.50 bits per heavy atom. The van der Waals surface area contributed by atoms with Crippen LogP contribution >= 0.6 is 0 Å². The fourth-order valence-corrected chi connectivity index (χ4v) is 3.48. The van der Waals surface area contributed by atoms with Crippen molar-refractivity contribution in [1.29, 1.82) is 0 Å². The van der Waals surface area contributed by atoms with Gasteiger partial charge < -0.3 is 0 Å². The normalized spacial score (nSPS) is 14.7. The van der Waals surface area contributed by atoms with Crippen LogP contribution in [-0.4, -0.2) is 21.5 Å². The van der Waals surface area contributed by atoms with Gasteiger partial charge in [-0.15, -0.1) is 0 Å². The average molecular weight is 310 g/mol. The van der Waals surface area contributed by atoms with Crippen molar-refractivity contribution in [3.05, 3.63) is 88.8 Å². The molecule has 0 fully saturated rings. The minimum absolute atomic E-state index is 0.220. The summed E-state index contributed by atoms with van der Waals surface area (Å²) in [5.74, 6) is -0.450. The van der Waals surface area contributed by atoms with Gasteiger partial charge in [0.15, 0.2) is 11.6 Å². The summed E-state index contributed by atoms with van der Waals surface area (Å²) in [5, 5.41) is 0. The summed E-state index contributed by atoms with van der Waals surface area (Å²) in [6.45, 7) is 0. The number of pyridine rings is 2. The molecule has 0 saturated carbocycles. The minimum atomic E-state index is -0.225. The highest BCUT2D eigenvalue weighted by Gasteiger charge is 2.39. The molecule has 24 heavy (non-hydrogen) atoms. The molecule has 0 saturated heterocycles. The fraction of sp³-hybridized carbons (Fsp3) is 0. The van der Waals surface area contributed by atoms with Crippen LogP contribution in [-0.2, 0) is 0 Å². The Balaban J connectivity index is 1.89. The monoisotopic (exact) mass is 310 g/mol. The number of hydrogen-bond donors (Lipinski definition) is 0. The number of Topliss-reactive ketones (excluding diaryl/α,β-unsaturated/α-hetero) is 2. The number of carbonyl (C=O) groups is 2. The Kier molecular flexibility index (Phi) is 2.48. The second kappa shape index (κ2) is 4.55.